The molecule has 1 unspecified atom stereocenters. The number of methoxy groups -OCH3 is 2. The minimum atomic E-state index is 0.149. The number of aryl methyl sites for hydroxylation is 1. The average Bonchev–Trinajstić information content (AvgIpc) is 2.53. The zero-order valence-corrected chi connectivity index (χ0v) is 13.1. The number of hydrogen-bond donors (Lipinski definition) is 1. The molecule has 0 amide bonds. The molecule has 3 nitrogen and oxygen atoms in total. The van der Waals surface area contributed by atoms with Crippen molar-refractivity contribution in [3.8, 4) is 11.5 Å². The van der Waals surface area contributed by atoms with E-state index in [0.29, 0.717) is 0 Å². The van der Waals surface area contributed by atoms with Crippen molar-refractivity contribution in [3.63, 3.8) is 0 Å². The van der Waals surface area contributed by atoms with Crippen LogP contribution in [0.1, 0.15) is 29.7 Å². The first-order valence-corrected chi connectivity index (χ1v) is 7.21. The van der Waals surface area contributed by atoms with E-state index in [-0.39, 0.29) is 6.04 Å². The Bertz CT molecular complexity index is 578. The van der Waals surface area contributed by atoms with Gasteiger partial charge in [0.05, 0.1) is 20.3 Å². The molecular weight excluding hydrogens is 262 g/mol. The quantitative estimate of drug-likeness (QED) is 0.877. The fourth-order valence-corrected chi connectivity index (χ4v) is 2.42. The first-order valence-electron chi connectivity index (χ1n) is 7.21. The molecule has 0 aliphatic heterocycles. The SMILES string of the molecule is CCNC(c1ccc(C)cc1)c1ccc(OC)c(OC)c1. The molecule has 0 radical (unpaired) electrons. The van der Waals surface area contributed by atoms with E-state index in [9.17, 15) is 0 Å². The van der Waals surface area contributed by atoms with Gasteiger partial charge in [0.1, 0.15) is 0 Å². The maximum Gasteiger partial charge on any atom is 0.161 e. The molecule has 3 heteroatoms. The number of rotatable bonds is 6. The summed E-state index contributed by atoms with van der Waals surface area (Å²) in [4.78, 5) is 0. The summed E-state index contributed by atoms with van der Waals surface area (Å²) in [5, 5.41) is 3.53. The van der Waals surface area contributed by atoms with Crippen LogP contribution in [0.25, 0.3) is 0 Å². The van der Waals surface area contributed by atoms with Gasteiger partial charge in [-0.25, -0.2) is 0 Å². The Kier molecular flexibility index (Phi) is 5.23. The maximum atomic E-state index is 5.41. The van der Waals surface area contributed by atoms with Crippen LogP contribution in [0.5, 0.6) is 11.5 Å². The third-order valence-corrected chi connectivity index (χ3v) is 3.56. The number of benzene rings is 2. The minimum Gasteiger partial charge on any atom is -0.493 e. The summed E-state index contributed by atoms with van der Waals surface area (Å²) in [7, 11) is 3.31. The van der Waals surface area contributed by atoms with Crippen LogP contribution < -0.4 is 14.8 Å². The Morgan fingerprint density at radius 2 is 1.52 bits per heavy atom. The van der Waals surface area contributed by atoms with E-state index in [1.807, 2.05) is 12.1 Å². The van der Waals surface area contributed by atoms with Crippen molar-refractivity contribution in [2.24, 2.45) is 0 Å². The minimum absolute atomic E-state index is 0.149. The predicted molar refractivity (Wildman–Crippen MR) is 86.2 cm³/mol. The molecule has 21 heavy (non-hydrogen) atoms. The maximum absolute atomic E-state index is 5.41. The molecule has 1 N–H and O–H groups in total. The van der Waals surface area contributed by atoms with Crippen LogP contribution in [0.2, 0.25) is 0 Å². The van der Waals surface area contributed by atoms with E-state index in [1.54, 1.807) is 14.2 Å². The molecule has 0 aromatic heterocycles. The lowest BCUT2D eigenvalue weighted by Crippen LogP contribution is -2.22. The average molecular weight is 285 g/mol. The molecule has 0 heterocycles. The summed E-state index contributed by atoms with van der Waals surface area (Å²) in [5.41, 5.74) is 3.68. The van der Waals surface area contributed by atoms with E-state index >= 15 is 0 Å². The lowest BCUT2D eigenvalue weighted by Gasteiger charge is -2.20. The molecule has 1 atom stereocenters. The van der Waals surface area contributed by atoms with Crippen LogP contribution in [0.15, 0.2) is 42.5 Å². The number of ether oxygens (including phenoxy) is 2. The Hall–Kier alpha value is -2.00. The molecule has 0 saturated heterocycles. The highest BCUT2D eigenvalue weighted by Crippen LogP contribution is 2.32. The summed E-state index contributed by atoms with van der Waals surface area (Å²) in [6.07, 6.45) is 0. The first-order chi connectivity index (χ1) is 10.2. The normalized spacial score (nSPS) is 12.0. The third-order valence-electron chi connectivity index (χ3n) is 3.56. The van der Waals surface area contributed by atoms with Gasteiger partial charge in [0, 0.05) is 0 Å². The van der Waals surface area contributed by atoms with Gasteiger partial charge < -0.3 is 14.8 Å². The molecule has 0 bridgehead atoms. The molecule has 0 spiro atoms. The first kappa shape index (κ1) is 15.4. The highest BCUT2D eigenvalue weighted by molar-refractivity contribution is 5.46. The number of nitrogens with one attached hydrogen (secondary N) is 1. The number of hydrogen-bond acceptors (Lipinski definition) is 3. The van der Waals surface area contributed by atoms with Crippen LogP contribution in [0.3, 0.4) is 0 Å². The monoisotopic (exact) mass is 285 g/mol. The van der Waals surface area contributed by atoms with Crippen molar-refractivity contribution in [1.29, 1.82) is 0 Å². The smallest absolute Gasteiger partial charge is 0.161 e. The van der Waals surface area contributed by atoms with Gasteiger partial charge in [-0.1, -0.05) is 42.8 Å². The van der Waals surface area contributed by atoms with Crippen LogP contribution in [0.4, 0.5) is 0 Å². The second kappa shape index (κ2) is 7.14. The van der Waals surface area contributed by atoms with Crippen molar-refractivity contribution >= 4 is 0 Å². The van der Waals surface area contributed by atoms with E-state index < -0.39 is 0 Å². The standard InChI is InChI=1S/C18H23NO2/c1-5-19-18(14-8-6-13(2)7-9-14)15-10-11-16(20-3)17(12-15)21-4/h6-12,18-19H,5H2,1-4H3. The Morgan fingerprint density at radius 1 is 0.905 bits per heavy atom. The second-order valence-electron chi connectivity index (χ2n) is 5.02. The van der Waals surface area contributed by atoms with E-state index in [4.69, 9.17) is 9.47 Å². The predicted octanol–water partition coefficient (Wildman–Crippen LogP) is 3.71. The van der Waals surface area contributed by atoms with Crippen LogP contribution in [-0.2, 0) is 0 Å². The van der Waals surface area contributed by atoms with Gasteiger partial charge in [0.25, 0.3) is 0 Å². The zero-order valence-electron chi connectivity index (χ0n) is 13.1. The lowest BCUT2D eigenvalue weighted by molar-refractivity contribution is 0.354. The Balaban J connectivity index is 2.40. The molecule has 0 aliphatic rings. The molecule has 0 aliphatic carbocycles. The molecular formula is C18H23NO2. The van der Waals surface area contributed by atoms with Crippen molar-refractivity contribution < 1.29 is 9.47 Å². The highest BCUT2D eigenvalue weighted by atomic mass is 16.5. The highest BCUT2D eigenvalue weighted by Gasteiger charge is 2.15. The van der Waals surface area contributed by atoms with Crippen LogP contribution >= 0.6 is 0 Å². The van der Waals surface area contributed by atoms with Crippen LogP contribution in [-0.4, -0.2) is 20.8 Å². The molecule has 2 aromatic carbocycles. The summed E-state index contributed by atoms with van der Waals surface area (Å²) in [6.45, 7) is 5.11. The molecule has 112 valence electrons. The van der Waals surface area contributed by atoms with Gasteiger partial charge in [-0.05, 0) is 36.7 Å². The van der Waals surface area contributed by atoms with Gasteiger partial charge in [0.15, 0.2) is 11.5 Å². The Morgan fingerprint density at radius 3 is 2.10 bits per heavy atom. The van der Waals surface area contributed by atoms with E-state index in [0.717, 1.165) is 18.0 Å². The molecule has 0 fully saturated rings. The van der Waals surface area contributed by atoms with Crippen molar-refractivity contribution in [3.05, 3.63) is 59.2 Å². The lowest BCUT2D eigenvalue weighted by atomic mass is 9.97. The second-order valence-corrected chi connectivity index (χ2v) is 5.02. The van der Waals surface area contributed by atoms with Gasteiger partial charge in [-0.15, -0.1) is 0 Å². The van der Waals surface area contributed by atoms with Gasteiger partial charge in [-0.3, -0.25) is 0 Å². The van der Waals surface area contributed by atoms with E-state index in [1.165, 1.54) is 16.7 Å². The third kappa shape index (κ3) is 3.56. The van der Waals surface area contributed by atoms with Crippen LogP contribution in [0, 0.1) is 6.92 Å². The van der Waals surface area contributed by atoms with Gasteiger partial charge >= 0.3 is 0 Å². The van der Waals surface area contributed by atoms with Crippen molar-refractivity contribution in [1.82, 2.24) is 5.32 Å². The fourth-order valence-electron chi connectivity index (χ4n) is 2.42. The summed E-state index contributed by atoms with van der Waals surface area (Å²) < 4.78 is 10.7. The van der Waals surface area contributed by atoms with Crippen molar-refractivity contribution in [2.45, 2.75) is 19.9 Å². The molecule has 2 rings (SSSR count). The largest absolute Gasteiger partial charge is 0.493 e. The van der Waals surface area contributed by atoms with E-state index in [2.05, 4.69) is 49.5 Å². The van der Waals surface area contributed by atoms with Crippen molar-refractivity contribution in [2.75, 3.05) is 20.8 Å². The van der Waals surface area contributed by atoms with Gasteiger partial charge in [0.2, 0.25) is 0 Å². The summed E-state index contributed by atoms with van der Waals surface area (Å²) in [5.74, 6) is 1.51. The van der Waals surface area contributed by atoms with Gasteiger partial charge in [-0.2, -0.15) is 0 Å². The topological polar surface area (TPSA) is 30.5 Å². The fraction of sp³-hybridized carbons (Fsp3) is 0.333. The molecule has 0 saturated carbocycles. The Labute approximate surface area is 126 Å². The summed E-state index contributed by atoms with van der Waals surface area (Å²) in [6, 6.07) is 14.8. The molecule has 2 aromatic rings. The zero-order chi connectivity index (χ0) is 15.2. The summed E-state index contributed by atoms with van der Waals surface area (Å²) >= 11 is 0.